The summed E-state index contributed by atoms with van der Waals surface area (Å²) in [5, 5.41) is 2.82. The van der Waals surface area contributed by atoms with Gasteiger partial charge in [-0.1, -0.05) is 72.8 Å². The minimum atomic E-state index is -4.16. The van der Waals surface area contributed by atoms with Crippen LogP contribution in [0.2, 0.25) is 0 Å². The second-order valence-corrected chi connectivity index (χ2v) is 11.8. The number of nitrogens with zero attached hydrogens (tertiary/aromatic N) is 2. The Balaban J connectivity index is 1.78. The van der Waals surface area contributed by atoms with Crippen LogP contribution in [0.15, 0.2) is 114 Å². The zero-order chi connectivity index (χ0) is 30.1. The lowest BCUT2D eigenvalue weighted by Gasteiger charge is -2.34. The van der Waals surface area contributed by atoms with Gasteiger partial charge in [0.2, 0.25) is 11.8 Å². The Labute approximate surface area is 246 Å². The van der Waals surface area contributed by atoms with Crippen LogP contribution in [-0.4, -0.2) is 44.3 Å². The minimum Gasteiger partial charge on any atom is -0.355 e. The highest BCUT2D eigenvalue weighted by molar-refractivity contribution is 7.92. The number of likely N-dealkylation sites (N-methyl/N-ethyl adjacent to an activating group) is 1. The highest BCUT2D eigenvalue weighted by Crippen LogP contribution is 2.26. The monoisotopic (exact) mass is 587 g/mol. The molecule has 0 fully saturated rings. The number of anilines is 1. The second kappa shape index (κ2) is 13.9. The molecule has 2 amide bonds. The lowest BCUT2D eigenvalue weighted by molar-refractivity contribution is -0.140. The summed E-state index contributed by atoms with van der Waals surface area (Å²) in [6.45, 7) is 3.40. The summed E-state index contributed by atoms with van der Waals surface area (Å²) in [5.74, 6) is -1.38. The lowest BCUT2D eigenvalue weighted by Crippen LogP contribution is -2.53. The summed E-state index contributed by atoms with van der Waals surface area (Å²) in [5.41, 5.74) is 2.57. The van der Waals surface area contributed by atoms with Crippen LogP contribution >= 0.6 is 0 Å². The van der Waals surface area contributed by atoms with E-state index in [-0.39, 0.29) is 23.8 Å². The number of carbonyl (C=O) groups excluding carboxylic acids is 2. The van der Waals surface area contributed by atoms with E-state index in [4.69, 9.17) is 0 Å². The number of hydrogen-bond donors (Lipinski definition) is 1. The fourth-order valence-corrected chi connectivity index (χ4v) is 6.09. The lowest BCUT2D eigenvalue weighted by atomic mass is 10.0. The number of benzene rings is 4. The van der Waals surface area contributed by atoms with Gasteiger partial charge in [0.05, 0.1) is 10.6 Å². The van der Waals surface area contributed by atoms with Gasteiger partial charge in [0.15, 0.2) is 0 Å². The van der Waals surface area contributed by atoms with Crippen molar-refractivity contribution in [3.05, 3.63) is 132 Å². The fraction of sp³-hybridized carbons (Fsp3) is 0.212. The van der Waals surface area contributed by atoms with Crippen molar-refractivity contribution >= 4 is 27.5 Å². The molecule has 0 aliphatic carbocycles. The van der Waals surface area contributed by atoms with Crippen molar-refractivity contribution in [2.24, 2.45) is 0 Å². The molecule has 42 heavy (non-hydrogen) atoms. The van der Waals surface area contributed by atoms with Gasteiger partial charge in [0.1, 0.15) is 18.4 Å². The number of nitrogens with one attached hydrogen (secondary N) is 1. The minimum absolute atomic E-state index is 0.0270. The smallest absolute Gasteiger partial charge is 0.264 e. The van der Waals surface area contributed by atoms with E-state index < -0.39 is 34.3 Å². The first-order valence-corrected chi connectivity index (χ1v) is 15.1. The molecule has 1 atom stereocenters. The van der Waals surface area contributed by atoms with Crippen LogP contribution in [0.3, 0.4) is 0 Å². The van der Waals surface area contributed by atoms with Crippen molar-refractivity contribution in [1.29, 1.82) is 0 Å². The highest BCUT2D eigenvalue weighted by atomic mass is 32.2. The van der Waals surface area contributed by atoms with Crippen LogP contribution in [0.4, 0.5) is 10.1 Å². The average Bonchev–Trinajstić information content (AvgIpc) is 2.99. The van der Waals surface area contributed by atoms with E-state index in [9.17, 15) is 22.4 Å². The van der Waals surface area contributed by atoms with E-state index in [1.807, 2.05) is 43.3 Å². The molecule has 0 saturated heterocycles. The molecule has 1 N–H and O–H groups in total. The Morgan fingerprint density at radius 2 is 1.48 bits per heavy atom. The van der Waals surface area contributed by atoms with Crippen molar-refractivity contribution < 1.29 is 22.4 Å². The predicted octanol–water partition coefficient (Wildman–Crippen LogP) is 5.11. The van der Waals surface area contributed by atoms with Crippen LogP contribution in [0, 0.1) is 12.7 Å². The van der Waals surface area contributed by atoms with Gasteiger partial charge < -0.3 is 10.2 Å². The predicted molar refractivity (Wildman–Crippen MR) is 162 cm³/mol. The first-order valence-electron chi connectivity index (χ1n) is 13.7. The number of amides is 2. The van der Waals surface area contributed by atoms with Gasteiger partial charge in [-0.2, -0.15) is 0 Å². The van der Waals surface area contributed by atoms with Crippen LogP contribution in [0.25, 0.3) is 0 Å². The van der Waals surface area contributed by atoms with Gasteiger partial charge in [0, 0.05) is 19.5 Å². The van der Waals surface area contributed by atoms with E-state index in [2.05, 4.69) is 5.32 Å². The third-order valence-electron chi connectivity index (χ3n) is 6.79. The van der Waals surface area contributed by atoms with Crippen molar-refractivity contribution in [1.82, 2.24) is 10.2 Å². The number of halogens is 1. The first kappa shape index (κ1) is 30.5. The van der Waals surface area contributed by atoms with Crippen LogP contribution < -0.4 is 9.62 Å². The maximum absolute atomic E-state index is 14.3. The Hall–Kier alpha value is -4.50. The van der Waals surface area contributed by atoms with E-state index >= 15 is 0 Å². The largest absolute Gasteiger partial charge is 0.355 e. The molecule has 7 nitrogen and oxygen atoms in total. The zero-order valence-corrected chi connectivity index (χ0v) is 24.4. The molecule has 218 valence electrons. The van der Waals surface area contributed by atoms with Crippen LogP contribution in [0.1, 0.15) is 23.6 Å². The SMILES string of the molecule is CCNC(=O)[C@H](Cc1ccccc1)N(Cc1ccc(F)cc1)C(=O)CN(c1cccc(C)c1)S(=O)(=O)c1ccccc1. The summed E-state index contributed by atoms with van der Waals surface area (Å²) in [6, 6.07) is 28.8. The molecule has 0 bridgehead atoms. The van der Waals surface area contributed by atoms with E-state index in [0.29, 0.717) is 17.8 Å². The van der Waals surface area contributed by atoms with E-state index in [1.165, 1.54) is 29.2 Å². The van der Waals surface area contributed by atoms with Gasteiger partial charge in [-0.15, -0.1) is 0 Å². The van der Waals surface area contributed by atoms with Gasteiger partial charge in [0.25, 0.3) is 10.0 Å². The summed E-state index contributed by atoms with van der Waals surface area (Å²) >= 11 is 0. The van der Waals surface area contributed by atoms with Gasteiger partial charge in [-0.3, -0.25) is 13.9 Å². The molecular formula is C33H34FN3O4S. The summed E-state index contributed by atoms with van der Waals surface area (Å²) in [4.78, 5) is 29.1. The summed E-state index contributed by atoms with van der Waals surface area (Å²) in [7, 11) is -4.16. The van der Waals surface area contributed by atoms with Gasteiger partial charge >= 0.3 is 0 Å². The molecule has 0 heterocycles. The van der Waals surface area contributed by atoms with Crippen molar-refractivity contribution in [2.45, 2.75) is 37.8 Å². The standard InChI is InChI=1S/C33H34FN3O4S/c1-3-35-33(39)31(22-26-12-6-4-7-13-26)36(23-27-17-19-28(34)20-18-27)32(38)24-37(29-14-10-11-25(2)21-29)42(40,41)30-15-8-5-9-16-30/h4-21,31H,3,22-24H2,1-2H3,(H,35,39)/t31-/m0/s1. The average molecular weight is 588 g/mol. The third kappa shape index (κ3) is 7.61. The van der Waals surface area contributed by atoms with Crippen LogP contribution in [0.5, 0.6) is 0 Å². The molecule has 0 unspecified atom stereocenters. The number of rotatable bonds is 12. The molecular weight excluding hydrogens is 553 g/mol. The fourth-order valence-electron chi connectivity index (χ4n) is 4.66. The summed E-state index contributed by atoms with van der Waals surface area (Å²) in [6.07, 6.45) is 0.204. The second-order valence-electron chi connectivity index (χ2n) is 9.91. The third-order valence-corrected chi connectivity index (χ3v) is 8.58. The van der Waals surface area contributed by atoms with E-state index in [0.717, 1.165) is 15.4 Å². The Morgan fingerprint density at radius 1 is 0.833 bits per heavy atom. The van der Waals surface area contributed by atoms with Crippen molar-refractivity contribution in [3.8, 4) is 0 Å². The highest BCUT2D eigenvalue weighted by Gasteiger charge is 2.34. The molecule has 0 saturated carbocycles. The normalized spacial score (nSPS) is 11.9. The van der Waals surface area contributed by atoms with Crippen LogP contribution in [-0.2, 0) is 32.6 Å². The van der Waals surface area contributed by atoms with Crippen molar-refractivity contribution in [3.63, 3.8) is 0 Å². The molecule has 4 rings (SSSR count). The Kier molecular flexibility index (Phi) is 10.1. The first-order chi connectivity index (χ1) is 20.2. The number of aryl methyl sites for hydroxylation is 1. The van der Waals surface area contributed by atoms with Gasteiger partial charge in [-0.25, -0.2) is 12.8 Å². The molecule has 0 radical (unpaired) electrons. The number of carbonyl (C=O) groups is 2. The summed E-state index contributed by atoms with van der Waals surface area (Å²) < 4.78 is 42.7. The van der Waals surface area contributed by atoms with Crippen molar-refractivity contribution in [2.75, 3.05) is 17.4 Å². The molecule has 0 spiro atoms. The number of sulfonamides is 1. The zero-order valence-electron chi connectivity index (χ0n) is 23.6. The molecule has 0 aliphatic rings. The van der Waals surface area contributed by atoms with Gasteiger partial charge in [-0.05, 0) is 66.9 Å². The van der Waals surface area contributed by atoms with E-state index in [1.54, 1.807) is 55.5 Å². The topological polar surface area (TPSA) is 86.8 Å². The maximum atomic E-state index is 14.3. The molecule has 9 heteroatoms. The quantitative estimate of drug-likeness (QED) is 0.250. The molecule has 4 aromatic rings. The number of hydrogen-bond acceptors (Lipinski definition) is 4. The Morgan fingerprint density at radius 3 is 2.10 bits per heavy atom. The maximum Gasteiger partial charge on any atom is 0.264 e. The molecule has 0 aliphatic heterocycles. The Bertz CT molecular complexity index is 1600. The molecule has 4 aromatic carbocycles. The molecule has 0 aromatic heterocycles.